The van der Waals surface area contributed by atoms with Gasteiger partial charge in [-0.3, -0.25) is 29.2 Å². The molecule has 2 fully saturated rings. The number of nitrogens with zero attached hydrogens (tertiary/aromatic N) is 4. The zero-order valence-corrected chi connectivity index (χ0v) is 38.7. The first kappa shape index (κ1) is 49.2. The van der Waals surface area contributed by atoms with Gasteiger partial charge in [0.1, 0.15) is 18.6 Å². The molecule has 7 rings (SSSR count). The van der Waals surface area contributed by atoms with Crippen LogP contribution in [0.4, 0.5) is 22.0 Å². The molecular weight excluding hydrogens is 876 g/mol. The first-order valence-corrected chi connectivity index (χ1v) is 22.8. The van der Waals surface area contributed by atoms with Crippen molar-refractivity contribution in [2.24, 2.45) is 17.3 Å². The number of carbonyl (C=O) groups is 4. The molecule has 1 unspecified atom stereocenters. The van der Waals surface area contributed by atoms with Crippen molar-refractivity contribution < 1.29 is 50.6 Å². The maximum atomic E-state index is 14.9. The van der Waals surface area contributed by atoms with E-state index in [1.165, 1.54) is 27.8 Å². The third kappa shape index (κ3) is 11.2. The van der Waals surface area contributed by atoms with E-state index in [-0.39, 0.29) is 73.1 Å². The van der Waals surface area contributed by atoms with Crippen LogP contribution in [-0.2, 0) is 48.0 Å². The number of likely N-dealkylation sites (tertiary alicyclic amines) is 1. The van der Waals surface area contributed by atoms with E-state index in [0.29, 0.717) is 65.0 Å². The third-order valence-electron chi connectivity index (χ3n) is 12.8. The number of amides is 3. The molecule has 2 aromatic carbocycles. The van der Waals surface area contributed by atoms with Crippen LogP contribution in [0.2, 0.25) is 0 Å². The summed E-state index contributed by atoms with van der Waals surface area (Å²) in [7, 11) is 0. The molecule has 0 aliphatic carbocycles. The number of cyclic esters (lactones) is 1. The SMILES string of the molecule is C=CC(=O)N1CC(OCC(C(=O)N[C@H]2Cc3cc(cc(C(F)F)c3)-c3ccc4c(c3)c(c(-c3cccnc3C(C)C)n4CC(F)(F)F)CC(C)(C)COC(=O)[C@@H]3CCCN(N3)C2=O)C(C)C)C1. The number of ether oxygens (including phenoxy) is 2. The second kappa shape index (κ2) is 19.9. The van der Waals surface area contributed by atoms with Crippen LogP contribution in [0.3, 0.4) is 0 Å². The van der Waals surface area contributed by atoms with E-state index in [9.17, 15) is 41.1 Å². The van der Waals surface area contributed by atoms with Crippen molar-refractivity contribution in [3.63, 3.8) is 0 Å². The van der Waals surface area contributed by atoms with E-state index in [2.05, 4.69) is 22.3 Å². The number of hydrogen-bond acceptors (Lipinski definition) is 8. The largest absolute Gasteiger partial charge is 0.464 e. The minimum absolute atomic E-state index is 0.0150. The fraction of sp³-hybridized carbons (Fsp3) is 0.500. The van der Waals surface area contributed by atoms with Crippen molar-refractivity contribution >= 4 is 34.6 Å². The Labute approximate surface area is 387 Å². The summed E-state index contributed by atoms with van der Waals surface area (Å²) in [6.07, 6.45) is -4.43. The van der Waals surface area contributed by atoms with Gasteiger partial charge < -0.3 is 24.3 Å². The maximum absolute atomic E-state index is 14.9. The van der Waals surface area contributed by atoms with Crippen LogP contribution in [0.25, 0.3) is 33.3 Å². The molecule has 17 heteroatoms. The van der Waals surface area contributed by atoms with Crippen molar-refractivity contribution in [2.75, 3.05) is 32.8 Å². The van der Waals surface area contributed by atoms with E-state index < -0.39 is 60.3 Å². The van der Waals surface area contributed by atoms with E-state index in [1.807, 2.05) is 41.5 Å². The Hall–Kier alpha value is -5.68. The summed E-state index contributed by atoms with van der Waals surface area (Å²) in [4.78, 5) is 60.8. The number of hydrazine groups is 1. The number of rotatable bonds is 11. The van der Waals surface area contributed by atoms with Crippen molar-refractivity contribution in [2.45, 2.75) is 110 Å². The van der Waals surface area contributed by atoms with Crippen molar-refractivity contribution in [3.05, 3.63) is 89.8 Å². The molecule has 12 nitrogen and oxygen atoms in total. The molecule has 3 amide bonds. The van der Waals surface area contributed by atoms with Crippen LogP contribution in [0.5, 0.6) is 0 Å². The molecule has 360 valence electrons. The Bertz CT molecular complexity index is 2510. The van der Waals surface area contributed by atoms with Gasteiger partial charge in [-0.1, -0.05) is 66.3 Å². The molecule has 4 aromatic rings. The molecule has 3 atom stereocenters. The predicted molar refractivity (Wildman–Crippen MR) is 243 cm³/mol. The molecule has 2 aromatic heterocycles. The van der Waals surface area contributed by atoms with E-state index in [4.69, 9.17) is 9.47 Å². The summed E-state index contributed by atoms with van der Waals surface area (Å²) in [6, 6.07) is 10.3. The van der Waals surface area contributed by atoms with Gasteiger partial charge in [0.05, 0.1) is 36.6 Å². The Morgan fingerprint density at radius 2 is 1.81 bits per heavy atom. The average Bonchev–Trinajstić information content (AvgIpc) is 3.54. The van der Waals surface area contributed by atoms with Crippen LogP contribution < -0.4 is 10.7 Å². The maximum Gasteiger partial charge on any atom is 0.406 e. The summed E-state index contributed by atoms with van der Waals surface area (Å²) < 4.78 is 87.0. The summed E-state index contributed by atoms with van der Waals surface area (Å²) >= 11 is 0. The number of nitrogens with one attached hydrogen (secondary N) is 2. The molecule has 67 heavy (non-hydrogen) atoms. The predicted octanol–water partition coefficient (Wildman–Crippen LogP) is 8.33. The third-order valence-corrected chi connectivity index (χ3v) is 12.8. The van der Waals surface area contributed by atoms with E-state index in [0.717, 1.165) is 0 Å². The molecular formula is C50H59F5N6O6. The Morgan fingerprint density at radius 3 is 2.48 bits per heavy atom. The van der Waals surface area contributed by atoms with Gasteiger partial charge in [-0.2, -0.15) is 13.2 Å². The second-order valence-electron chi connectivity index (χ2n) is 19.4. The van der Waals surface area contributed by atoms with Gasteiger partial charge in [-0.05, 0) is 89.8 Å². The summed E-state index contributed by atoms with van der Waals surface area (Å²) in [5, 5.41) is 4.61. The lowest BCUT2D eigenvalue weighted by Gasteiger charge is -2.39. The number of alkyl halides is 5. The lowest BCUT2D eigenvalue weighted by Crippen LogP contribution is -2.61. The smallest absolute Gasteiger partial charge is 0.406 e. The lowest BCUT2D eigenvalue weighted by atomic mass is 9.83. The second-order valence-corrected chi connectivity index (χ2v) is 19.4. The monoisotopic (exact) mass is 934 g/mol. The number of esters is 1. The van der Waals surface area contributed by atoms with Gasteiger partial charge in [-0.25, -0.2) is 14.2 Å². The summed E-state index contributed by atoms with van der Waals surface area (Å²) in [6.45, 7) is 14.1. The molecule has 2 saturated heterocycles. The Balaban J connectivity index is 1.35. The first-order chi connectivity index (χ1) is 31.6. The zero-order chi connectivity index (χ0) is 48.5. The molecule has 2 N–H and O–H groups in total. The number of benzene rings is 2. The average molecular weight is 935 g/mol. The molecule has 0 spiro atoms. The van der Waals surface area contributed by atoms with Crippen LogP contribution in [-0.4, -0.2) is 100 Å². The highest BCUT2D eigenvalue weighted by Gasteiger charge is 2.39. The summed E-state index contributed by atoms with van der Waals surface area (Å²) in [5.41, 5.74) is 5.05. The summed E-state index contributed by atoms with van der Waals surface area (Å²) in [5.74, 6) is -3.15. The normalized spacial score (nSPS) is 19.9. The molecule has 5 heterocycles. The van der Waals surface area contributed by atoms with Crippen molar-refractivity contribution in [3.8, 4) is 22.4 Å². The molecule has 6 bridgehead atoms. The molecule has 0 saturated carbocycles. The number of halogens is 5. The topological polar surface area (TPSA) is 135 Å². The quantitative estimate of drug-likeness (QED) is 0.0872. The van der Waals surface area contributed by atoms with Gasteiger partial charge in [0.25, 0.3) is 12.3 Å². The van der Waals surface area contributed by atoms with E-state index in [1.54, 1.807) is 47.5 Å². The van der Waals surface area contributed by atoms with E-state index >= 15 is 0 Å². The number of fused-ring (bicyclic) bond motifs is 6. The van der Waals surface area contributed by atoms with Crippen LogP contribution in [0.15, 0.2) is 67.4 Å². The minimum Gasteiger partial charge on any atom is -0.464 e. The fourth-order valence-corrected chi connectivity index (χ4v) is 9.22. The van der Waals surface area contributed by atoms with Gasteiger partial charge in [0.15, 0.2) is 0 Å². The molecule has 0 radical (unpaired) electrons. The van der Waals surface area contributed by atoms with Gasteiger partial charge in [0, 0.05) is 59.7 Å². The van der Waals surface area contributed by atoms with Crippen molar-refractivity contribution in [1.29, 1.82) is 0 Å². The number of pyridine rings is 1. The van der Waals surface area contributed by atoms with Crippen LogP contribution >= 0.6 is 0 Å². The van der Waals surface area contributed by atoms with Crippen LogP contribution in [0.1, 0.15) is 89.1 Å². The standard InChI is InChI=1S/C50H59F5N6O6/c1-8-42(62)59-23-34(24-59)66-25-38(28(2)3)46(63)57-40-19-30-17-32(20-33(18-30)45(51)52)31-13-14-41-36(21-31)37(22-49(6,7)27-67-48(65)39-12-10-16-61(58-39)47(40)64)44(60(41)26-50(53,54)55)35-11-9-15-56-43(35)29(4)5/h8-9,11,13-15,17-18,20-21,28-29,34,38-40,45,58H,1,10,12,16,19,22-27H2,2-7H3,(H,57,63)/t38?,39-,40-/m0/s1. The fourth-order valence-electron chi connectivity index (χ4n) is 9.22. The van der Waals surface area contributed by atoms with Crippen molar-refractivity contribution in [1.82, 2.24) is 30.2 Å². The minimum atomic E-state index is -4.63. The van der Waals surface area contributed by atoms with Gasteiger partial charge in [0.2, 0.25) is 11.8 Å². The lowest BCUT2D eigenvalue weighted by molar-refractivity contribution is -0.155. The van der Waals surface area contributed by atoms with Gasteiger partial charge >= 0.3 is 12.1 Å². The molecule has 3 aliphatic rings. The highest BCUT2D eigenvalue weighted by molar-refractivity contribution is 5.96. The van der Waals surface area contributed by atoms with Crippen LogP contribution in [0, 0.1) is 17.3 Å². The number of carbonyl (C=O) groups excluding carboxylic acids is 4. The number of hydrogen-bond donors (Lipinski definition) is 2. The number of aromatic nitrogens is 2. The Kier molecular flexibility index (Phi) is 14.6. The highest BCUT2D eigenvalue weighted by Crippen LogP contribution is 2.43. The molecule has 3 aliphatic heterocycles. The highest BCUT2D eigenvalue weighted by atomic mass is 19.4. The van der Waals surface area contributed by atoms with Gasteiger partial charge in [-0.15, -0.1) is 0 Å². The zero-order valence-electron chi connectivity index (χ0n) is 38.7. The Morgan fingerprint density at radius 1 is 1.06 bits per heavy atom. The first-order valence-electron chi connectivity index (χ1n) is 22.8.